The third-order valence-corrected chi connectivity index (χ3v) is 3.55. The highest BCUT2D eigenvalue weighted by Crippen LogP contribution is 2.24. The number of anilines is 1. The molecule has 1 fully saturated rings. The van der Waals surface area contributed by atoms with Gasteiger partial charge in [0, 0.05) is 40.0 Å². The number of amides is 1. The number of carbonyl (C=O) groups is 1. The van der Waals surface area contributed by atoms with Gasteiger partial charge in [-0.25, -0.2) is 4.98 Å². The second-order valence-electron chi connectivity index (χ2n) is 5.22. The molecule has 0 spiro atoms. The minimum absolute atomic E-state index is 0.0290. The Hall–Kier alpha value is -1.62. The molecule has 0 bridgehead atoms. The molecule has 1 atom stereocenters. The zero-order chi connectivity index (χ0) is 13.8. The van der Waals surface area contributed by atoms with E-state index < -0.39 is 0 Å². The Balaban J connectivity index is 2.01. The fraction of sp³-hybridized carbons (Fsp3) is 0.571. The number of rotatable bonds is 4. The third-order valence-electron chi connectivity index (χ3n) is 3.55. The minimum atomic E-state index is -0.0290. The largest absolute Gasteiger partial charge is 0.396 e. The van der Waals surface area contributed by atoms with E-state index in [1.54, 1.807) is 25.2 Å². The number of hydrogen-bond acceptors (Lipinski definition) is 4. The molecule has 1 aromatic rings. The van der Waals surface area contributed by atoms with Gasteiger partial charge < -0.3 is 14.9 Å². The van der Waals surface area contributed by atoms with Crippen LogP contribution in [0.1, 0.15) is 23.2 Å². The van der Waals surface area contributed by atoms with Crippen LogP contribution in [0.15, 0.2) is 18.3 Å². The predicted octanol–water partition coefficient (Wildman–Crippen LogP) is 0.992. The highest BCUT2D eigenvalue weighted by Gasteiger charge is 2.23. The molecule has 1 aliphatic rings. The molecule has 0 aliphatic carbocycles. The number of aliphatic hydroxyl groups is 1. The molecule has 0 saturated carbocycles. The Bertz CT molecular complexity index is 431. The van der Waals surface area contributed by atoms with Crippen molar-refractivity contribution < 1.29 is 9.90 Å². The third kappa shape index (κ3) is 3.23. The van der Waals surface area contributed by atoms with E-state index in [4.69, 9.17) is 5.11 Å². The summed E-state index contributed by atoms with van der Waals surface area (Å²) in [6.07, 6.45) is 3.59. The smallest absolute Gasteiger partial charge is 0.254 e. The van der Waals surface area contributed by atoms with Crippen molar-refractivity contribution in [1.82, 2.24) is 9.88 Å². The lowest BCUT2D eigenvalue weighted by Crippen LogP contribution is -2.23. The Morgan fingerprint density at radius 2 is 2.32 bits per heavy atom. The van der Waals surface area contributed by atoms with E-state index in [0.29, 0.717) is 11.5 Å². The quantitative estimate of drug-likeness (QED) is 0.880. The van der Waals surface area contributed by atoms with E-state index in [9.17, 15) is 4.79 Å². The summed E-state index contributed by atoms with van der Waals surface area (Å²) < 4.78 is 0. The topological polar surface area (TPSA) is 56.7 Å². The van der Waals surface area contributed by atoms with Gasteiger partial charge in [0.05, 0.1) is 5.56 Å². The van der Waals surface area contributed by atoms with Gasteiger partial charge in [-0.15, -0.1) is 0 Å². The maximum absolute atomic E-state index is 11.8. The number of hydrogen-bond donors (Lipinski definition) is 1. The van der Waals surface area contributed by atoms with Crippen LogP contribution >= 0.6 is 0 Å². The lowest BCUT2D eigenvalue weighted by Gasteiger charge is -2.18. The van der Waals surface area contributed by atoms with Gasteiger partial charge >= 0.3 is 0 Å². The van der Waals surface area contributed by atoms with Gasteiger partial charge in [-0.3, -0.25) is 4.79 Å². The van der Waals surface area contributed by atoms with Crippen molar-refractivity contribution in [3.8, 4) is 0 Å². The molecule has 1 saturated heterocycles. The molecule has 1 N–H and O–H groups in total. The molecule has 1 aromatic heterocycles. The van der Waals surface area contributed by atoms with Crippen LogP contribution in [0.3, 0.4) is 0 Å². The number of nitrogens with zero attached hydrogens (tertiary/aromatic N) is 3. The number of pyridine rings is 1. The highest BCUT2D eigenvalue weighted by molar-refractivity contribution is 5.93. The highest BCUT2D eigenvalue weighted by atomic mass is 16.3. The summed E-state index contributed by atoms with van der Waals surface area (Å²) in [5.41, 5.74) is 0.611. The Labute approximate surface area is 113 Å². The van der Waals surface area contributed by atoms with Crippen LogP contribution in [0, 0.1) is 5.92 Å². The van der Waals surface area contributed by atoms with Crippen molar-refractivity contribution in [2.75, 3.05) is 38.7 Å². The van der Waals surface area contributed by atoms with E-state index in [1.165, 1.54) is 0 Å². The minimum Gasteiger partial charge on any atom is -0.396 e. The fourth-order valence-electron chi connectivity index (χ4n) is 2.42. The number of aliphatic hydroxyl groups excluding tert-OH is 1. The van der Waals surface area contributed by atoms with Gasteiger partial charge in [0.15, 0.2) is 0 Å². The van der Waals surface area contributed by atoms with Gasteiger partial charge in [-0.1, -0.05) is 0 Å². The summed E-state index contributed by atoms with van der Waals surface area (Å²) in [7, 11) is 3.46. The Kier molecular flexibility index (Phi) is 4.37. The van der Waals surface area contributed by atoms with E-state index in [2.05, 4.69) is 9.88 Å². The molecule has 1 unspecified atom stereocenters. The first-order valence-electron chi connectivity index (χ1n) is 6.65. The second-order valence-corrected chi connectivity index (χ2v) is 5.22. The lowest BCUT2D eigenvalue weighted by molar-refractivity contribution is 0.0827. The average molecular weight is 263 g/mol. The van der Waals surface area contributed by atoms with Gasteiger partial charge in [0.1, 0.15) is 5.82 Å². The maximum atomic E-state index is 11.8. The van der Waals surface area contributed by atoms with Crippen molar-refractivity contribution in [3.63, 3.8) is 0 Å². The zero-order valence-electron chi connectivity index (χ0n) is 11.5. The van der Waals surface area contributed by atoms with Crippen LogP contribution < -0.4 is 4.90 Å². The SMILES string of the molecule is CN(C)C(=O)c1ccc(N2CCC(CCO)C2)nc1. The molecular weight excluding hydrogens is 242 g/mol. The van der Waals surface area contributed by atoms with Crippen molar-refractivity contribution in [2.24, 2.45) is 5.92 Å². The monoisotopic (exact) mass is 263 g/mol. The Morgan fingerprint density at radius 1 is 1.53 bits per heavy atom. The van der Waals surface area contributed by atoms with Crippen molar-refractivity contribution >= 4 is 11.7 Å². The van der Waals surface area contributed by atoms with Gasteiger partial charge in [0.25, 0.3) is 5.91 Å². The van der Waals surface area contributed by atoms with Crippen LogP contribution in [0.5, 0.6) is 0 Å². The summed E-state index contributed by atoms with van der Waals surface area (Å²) in [6, 6.07) is 3.72. The molecule has 2 rings (SSSR count). The van der Waals surface area contributed by atoms with Crippen molar-refractivity contribution in [3.05, 3.63) is 23.9 Å². The first-order valence-corrected chi connectivity index (χ1v) is 6.65. The van der Waals surface area contributed by atoms with Crippen molar-refractivity contribution in [1.29, 1.82) is 0 Å². The van der Waals surface area contributed by atoms with E-state index in [0.717, 1.165) is 31.7 Å². The van der Waals surface area contributed by atoms with E-state index in [1.807, 2.05) is 12.1 Å². The van der Waals surface area contributed by atoms with Crippen LogP contribution in [-0.4, -0.2) is 54.7 Å². The van der Waals surface area contributed by atoms with Crippen molar-refractivity contribution in [2.45, 2.75) is 12.8 Å². The van der Waals surface area contributed by atoms with Crippen LogP contribution in [0.25, 0.3) is 0 Å². The summed E-state index contributed by atoms with van der Waals surface area (Å²) in [5, 5.41) is 8.96. The first-order chi connectivity index (χ1) is 9.11. The summed E-state index contributed by atoms with van der Waals surface area (Å²) >= 11 is 0. The molecule has 2 heterocycles. The van der Waals surface area contributed by atoms with E-state index in [-0.39, 0.29) is 12.5 Å². The molecule has 5 heteroatoms. The maximum Gasteiger partial charge on any atom is 0.254 e. The summed E-state index contributed by atoms with van der Waals surface area (Å²) in [4.78, 5) is 19.9. The number of carbonyl (C=O) groups excluding carboxylic acids is 1. The second kappa shape index (κ2) is 6.02. The van der Waals surface area contributed by atoms with Crippen LogP contribution in [-0.2, 0) is 0 Å². The molecule has 104 valence electrons. The number of aromatic nitrogens is 1. The van der Waals surface area contributed by atoms with Gasteiger partial charge in [-0.05, 0) is 30.9 Å². The summed E-state index contributed by atoms with van der Waals surface area (Å²) in [6.45, 7) is 2.16. The zero-order valence-corrected chi connectivity index (χ0v) is 11.5. The molecule has 19 heavy (non-hydrogen) atoms. The molecule has 5 nitrogen and oxygen atoms in total. The molecular formula is C14H21N3O2. The normalized spacial score (nSPS) is 18.7. The predicted molar refractivity (Wildman–Crippen MR) is 74.3 cm³/mol. The van der Waals surface area contributed by atoms with Crippen LogP contribution in [0.4, 0.5) is 5.82 Å². The van der Waals surface area contributed by atoms with Gasteiger partial charge in [-0.2, -0.15) is 0 Å². The standard InChI is InChI=1S/C14H21N3O2/c1-16(2)14(19)12-3-4-13(15-9-12)17-7-5-11(10-17)6-8-18/h3-4,9,11,18H,5-8,10H2,1-2H3. The van der Waals surface area contributed by atoms with Gasteiger partial charge in [0.2, 0.25) is 0 Å². The molecule has 1 aliphatic heterocycles. The molecule has 1 amide bonds. The Morgan fingerprint density at radius 3 is 2.89 bits per heavy atom. The average Bonchev–Trinajstić information content (AvgIpc) is 2.87. The first kappa shape index (κ1) is 13.8. The summed E-state index contributed by atoms with van der Waals surface area (Å²) in [5.74, 6) is 1.43. The van der Waals surface area contributed by atoms with E-state index >= 15 is 0 Å². The van der Waals surface area contributed by atoms with Crippen LogP contribution in [0.2, 0.25) is 0 Å². The lowest BCUT2D eigenvalue weighted by atomic mass is 10.1. The molecule has 0 aromatic carbocycles. The molecule has 0 radical (unpaired) electrons. The fourth-order valence-corrected chi connectivity index (χ4v) is 2.42.